The first-order valence-electron chi connectivity index (χ1n) is 7.78. The van der Waals surface area contributed by atoms with Gasteiger partial charge in [-0.25, -0.2) is 12.2 Å². The van der Waals surface area contributed by atoms with Gasteiger partial charge in [-0.05, 0) is 0 Å². The van der Waals surface area contributed by atoms with Gasteiger partial charge in [0.15, 0.2) is 0 Å². The van der Waals surface area contributed by atoms with Gasteiger partial charge in [0.05, 0.1) is 0 Å². The van der Waals surface area contributed by atoms with E-state index in [1.54, 1.807) is 0 Å². The van der Waals surface area contributed by atoms with Gasteiger partial charge in [-0.15, -0.1) is 31.2 Å². The molecule has 5 heteroatoms. The van der Waals surface area contributed by atoms with Crippen LogP contribution in [0.3, 0.4) is 0 Å². The van der Waals surface area contributed by atoms with Crippen molar-refractivity contribution in [1.82, 2.24) is 0 Å². The largest absolute Gasteiger partial charge is 0.693 e. The first-order chi connectivity index (χ1) is 10.4. The number of hydrogen-bond acceptors (Lipinski definition) is 0. The van der Waals surface area contributed by atoms with Gasteiger partial charge in [0, 0.05) is 35.7 Å². The predicted octanol–water partition coefficient (Wildman–Crippen LogP) is 8.56. The zero-order chi connectivity index (χ0) is 17.6. The van der Waals surface area contributed by atoms with Crippen LogP contribution < -0.4 is 0 Å². The van der Waals surface area contributed by atoms with Crippen molar-refractivity contribution in [2.75, 3.05) is 0 Å². The van der Waals surface area contributed by atoms with Crippen molar-refractivity contribution in [2.24, 2.45) is 0 Å². The number of benzene rings is 1. The van der Waals surface area contributed by atoms with Gasteiger partial charge in [0.1, 0.15) is 0 Å². The molecule has 2 N–H and O–H groups in total. The van der Waals surface area contributed by atoms with E-state index >= 15 is 0 Å². The maximum absolute atomic E-state index is 2.99. The molecule has 0 amide bonds. The second kappa shape index (κ2) is 50.3. The van der Waals surface area contributed by atoms with Gasteiger partial charge in [-0.3, -0.25) is 6.08 Å². The summed E-state index contributed by atoms with van der Waals surface area (Å²) >= 11 is 0. The number of nitrogens with two attached hydrogens (primary N) is 1. The summed E-state index contributed by atoms with van der Waals surface area (Å²) in [6.45, 7) is 16.9. The summed E-state index contributed by atoms with van der Waals surface area (Å²) in [7, 11) is 0.750. The second-order valence-electron chi connectivity index (χ2n) is 5.66. The summed E-state index contributed by atoms with van der Waals surface area (Å²) in [6, 6.07) is 12.5. The third kappa shape index (κ3) is 121. The molecule has 0 saturated heterocycles. The van der Waals surface area contributed by atoms with Gasteiger partial charge in [-0.2, -0.15) is 84.0 Å². The van der Waals surface area contributed by atoms with Crippen LogP contribution >= 0.6 is 24.8 Å². The molecule has 1 aliphatic carbocycles. The van der Waals surface area contributed by atoms with E-state index in [9.17, 15) is 0 Å². The molecule has 0 spiro atoms. The van der Waals surface area contributed by atoms with E-state index in [0.29, 0.717) is 0 Å². The van der Waals surface area contributed by atoms with Crippen molar-refractivity contribution in [3.05, 3.63) is 86.1 Å². The second-order valence-corrected chi connectivity index (χ2v) is 6.81. The fraction of sp³-hybridized carbons (Fsp3) is 0.409. The molecule has 1 nitrogen and oxygen atoms in total. The molecule has 0 aliphatic heterocycles. The molecule has 1 aromatic rings. The Balaban J connectivity index is -0.0000000271. The Morgan fingerprint density at radius 2 is 1.15 bits per heavy atom. The number of halogens is 2. The third-order valence-corrected chi connectivity index (χ3v) is 1.19. The first-order valence-corrected chi connectivity index (χ1v) is 10.1. The molecule has 2 rings (SSSR count). The van der Waals surface area contributed by atoms with Crippen molar-refractivity contribution < 1.29 is 26.2 Å². The zero-order valence-corrected chi connectivity index (χ0v) is 24.0. The van der Waals surface area contributed by atoms with E-state index in [2.05, 4.69) is 72.9 Å². The average Bonchev–Trinajstić information content (AvgIpc) is 2.99. The summed E-state index contributed by atoms with van der Waals surface area (Å²) < 4.78 is 0. The normalized spacial score (nSPS) is 8.37. The average molecular weight is 511 g/mol. The van der Waals surface area contributed by atoms with Crippen LogP contribution in [0.25, 0.3) is 6.15 Å². The Morgan fingerprint density at radius 3 is 1.22 bits per heavy atom. The Hall–Kier alpha value is 0.340. The molecule has 0 bridgehead atoms. The van der Waals surface area contributed by atoms with E-state index in [1.165, 1.54) is 11.8 Å². The van der Waals surface area contributed by atoms with Crippen LogP contribution in [0.15, 0.2) is 48.6 Å². The zero-order valence-electron chi connectivity index (χ0n) is 18.8. The minimum Gasteiger partial charge on any atom is -0.693 e. The molecular formula is C22H42Cl2NSiZr-6. The van der Waals surface area contributed by atoms with Gasteiger partial charge < -0.3 is 25.4 Å². The third-order valence-electron chi connectivity index (χ3n) is 1.19. The molecule has 0 saturated carbocycles. The van der Waals surface area contributed by atoms with E-state index in [-0.39, 0.29) is 64.6 Å². The number of allylic oxidation sites excluding steroid dienone is 4. The Morgan fingerprint density at radius 1 is 0.815 bits per heavy atom. The van der Waals surface area contributed by atoms with E-state index in [4.69, 9.17) is 0 Å². The van der Waals surface area contributed by atoms with Crippen LogP contribution in [0.1, 0.15) is 48.0 Å². The minimum atomic E-state index is 0. The van der Waals surface area contributed by atoms with Crippen molar-refractivity contribution in [2.45, 2.75) is 61.1 Å². The molecule has 27 heavy (non-hydrogen) atoms. The monoisotopic (exact) mass is 508 g/mol. The summed E-state index contributed by atoms with van der Waals surface area (Å²) in [5, 5.41) is 0. The van der Waals surface area contributed by atoms with Crippen LogP contribution in [0.2, 0.25) is 13.1 Å². The molecular weight excluding hydrogens is 468 g/mol. The number of hydrogen-bond donors (Lipinski definition) is 0. The van der Waals surface area contributed by atoms with Gasteiger partial charge in [0.25, 0.3) is 0 Å². The van der Waals surface area contributed by atoms with Gasteiger partial charge >= 0.3 is 0 Å². The van der Waals surface area contributed by atoms with Crippen molar-refractivity contribution in [1.29, 1.82) is 0 Å². The van der Waals surface area contributed by atoms with Gasteiger partial charge in [-0.1, -0.05) is 13.1 Å². The fourth-order valence-corrected chi connectivity index (χ4v) is 0.682. The number of rotatable bonds is 0. The molecule has 0 unspecified atom stereocenters. The molecule has 1 aliphatic rings. The predicted molar refractivity (Wildman–Crippen MR) is 132 cm³/mol. The van der Waals surface area contributed by atoms with Crippen LogP contribution in [0.5, 0.6) is 0 Å². The minimum absolute atomic E-state index is 0. The van der Waals surface area contributed by atoms with Crippen molar-refractivity contribution in [3.8, 4) is 0 Å². The molecule has 0 atom stereocenters. The Labute approximate surface area is 206 Å². The van der Waals surface area contributed by atoms with Crippen LogP contribution in [-0.4, -0.2) is 9.52 Å². The van der Waals surface area contributed by atoms with E-state index in [0.717, 1.165) is 15.9 Å². The summed E-state index contributed by atoms with van der Waals surface area (Å²) in [6.07, 6.45) is 10.0. The van der Waals surface area contributed by atoms with E-state index in [1.807, 2.05) is 42.5 Å². The quantitative estimate of drug-likeness (QED) is 0.247. The summed E-state index contributed by atoms with van der Waals surface area (Å²) in [4.78, 5) is 0. The maximum atomic E-state index is 2.99. The first kappa shape index (κ1) is 50.7. The maximum Gasteiger partial charge on any atom is 0.0213 e. The Bertz CT molecular complexity index is 284. The molecule has 1 aromatic carbocycles. The fourth-order valence-electron chi connectivity index (χ4n) is 0.682. The van der Waals surface area contributed by atoms with Crippen molar-refractivity contribution >= 4 is 34.3 Å². The van der Waals surface area contributed by atoms with Gasteiger partial charge in [0.2, 0.25) is 0 Å². The van der Waals surface area contributed by atoms with Crippen LogP contribution in [0, 0.1) is 31.4 Å². The topological polar surface area (TPSA) is 33.5 Å². The van der Waals surface area contributed by atoms with Crippen LogP contribution in [0.4, 0.5) is 0 Å². The summed E-state index contributed by atoms with van der Waals surface area (Å²) in [5.74, 6) is 2.83. The molecule has 0 heterocycles. The van der Waals surface area contributed by atoms with Crippen molar-refractivity contribution in [3.63, 3.8) is 0 Å². The summed E-state index contributed by atoms with van der Waals surface area (Å²) in [5.41, 5.74) is 0. The Kier molecular flexibility index (Phi) is 94.4. The smallest absolute Gasteiger partial charge is 0.0213 e. The molecule has 0 aromatic heterocycles. The van der Waals surface area contributed by atoms with E-state index < -0.39 is 0 Å². The standard InChI is InChI=1S/C6H5.C5H5.2C4H9.C2H7Si.CH3.2ClH.H2N.Zr/c1-2-4-6-5-3-1;1-2-4-5-3-1;2*1-4(2)3;1-3-2;;;;;/h1-5H;1-3H,4H2;2*1-3H3;3H,1-2H3;1H3;2*1H;1H2;/q4*-1;;-1;;;-1;. The molecule has 0 fully saturated rings. The molecule has 1 radical (unpaired) electrons. The SMILES string of the molecule is C[C-](C)C.C[C-](C)C.C[SiH]C.Cl.Cl.[C-]1=CC=CC1.[CH3-].[NH2-].[Zr].[c-]1ccccc1. The van der Waals surface area contributed by atoms with Crippen LogP contribution in [-0.2, 0) is 26.2 Å². The molecule has 163 valence electrons.